The molecular formula is C23H19BrN6O2. The number of aromatic nitrogens is 5. The van der Waals surface area contributed by atoms with Gasteiger partial charge in [0, 0.05) is 27.9 Å². The zero-order valence-electron chi connectivity index (χ0n) is 17.4. The summed E-state index contributed by atoms with van der Waals surface area (Å²) in [6, 6.07) is 15.5. The summed E-state index contributed by atoms with van der Waals surface area (Å²) in [6.07, 6.45) is 1.93. The second kappa shape index (κ2) is 8.16. The summed E-state index contributed by atoms with van der Waals surface area (Å²) in [5, 5.41) is 15.9. The fourth-order valence-electron chi connectivity index (χ4n) is 4.00. The van der Waals surface area contributed by atoms with Crippen LogP contribution in [0.3, 0.4) is 0 Å². The Morgan fingerprint density at radius 2 is 1.94 bits per heavy atom. The SMILES string of the molecule is COc1ccc(-c2cnnc(-n3nc(C)c4c3NC(=O)CC4c3ccccc3Br)n2)cc1. The zero-order chi connectivity index (χ0) is 22.2. The van der Waals surface area contributed by atoms with E-state index in [1.54, 1.807) is 18.0 Å². The molecule has 1 aliphatic heterocycles. The Hall–Kier alpha value is -3.59. The maximum absolute atomic E-state index is 12.6. The van der Waals surface area contributed by atoms with Gasteiger partial charge in [0.05, 0.1) is 24.7 Å². The molecule has 0 bridgehead atoms. The predicted molar refractivity (Wildman–Crippen MR) is 123 cm³/mol. The third-order valence-electron chi connectivity index (χ3n) is 5.51. The number of nitrogens with zero attached hydrogens (tertiary/aromatic N) is 5. The first-order valence-corrected chi connectivity index (χ1v) is 10.8. The molecule has 2 aromatic carbocycles. The van der Waals surface area contributed by atoms with Gasteiger partial charge in [0.1, 0.15) is 11.6 Å². The van der Waals surface area contributed by atoms with Crippen LogP contribution in [0, 0.1) is 6.92 Å². The quantitative estimate of drug-likeness (QED) is 0.458. The first-order chi connectivity index (χ1) is 15.5. The number of halogens is 1. The van der Waals surface area contributed by atoms with E-state index in [1.807, 2.05) is 55.5 Å². The van der Waals surface area contributed by atoms with Crippen LogP contribution in [0.15, 0.2) is 59.2 Å². The van der Waals surface area contributed by atoms with Crippen molar-refractivity contribution >= 4 is 27.7 Å². The number of anilines is 1. The first kappa shape index (κ1) is 20.3. The highest BCUT2D eigenvalue weighted by Crippen LogP contribution is 2.42. The highest BCUT2D eigenvalue weighted by atomic mass is 79.9. The van der Waals surface area contributed by atoms with Crippen molar-refractivity contribution in [3.05, 3.63) is 76.0 Å². The molecule has 0 fully saturated rings. The van der Waals surface area contributed by atoms with Gasteiger partial charge in [-0.15, -0.1) is 5.10 Å². The van der Waals surface area contributed by atoms with E-state index in [0.717, 1.165) is 32.6 Å². The normalized spacial score (nSPS) is 15.2. The van der Waals surface area contributed by atoms with Gasteiger partial charge in [0.15, 0.2) is 0 Å². The molecule has 1 aliphatic rings. The lowest BCUT2D eigenvalue weighted by Crippen LogP contribution is -2.25. The number of hydrogen-bond donors (Lipinski definition) is 1. The van der Waals surface area contributed by atoms with Crippen LogP contribution in [0.1, 0.15) is 29.2 Å². The van der Waals surface area contributed by atoms with Crippen LogP contribution in [0.2, 0.25) is 0 Å². The van der Waals surface area contributed by atoms with Crippen LogP contribution < -0.4 is 10.1 Å². The highest BCUT2D eigenvalue weighted by Gasteiger charge is 2.34. The van der Waals surface area contributed by atoms with Crippen molar-refractivity contribution in [3.8, 4) is 23.0 Å². The van der Waals surface area contributed by atoms with E-state index in [1.165, 1.54) is 0 Å². The fraction of sp³-hybridized carbons (Fsp3) is 0.174. The number of aryl methyl sites for hydroxylation is 1. The lowest BCUT2D eigenvalue weighted by molar-refractivity contribution is -0.116. The van der Waals surface area contributed by atoms with Gasteiger partial charge in [-0.2, -0.15) is 14.9 Å². The van der Waals surface area contributed by atoms with Gasteiger partial charge in [-0.05, 0) is 42.8 Å². The Bertz CT molecular complexity index is 1320. The summed E-state index contributed by atoms with van der Waals surface area (Å²) in [7, 11) is 1.62. The molecule has 160 valence electrons. The zero-order valence-corrected chi connectivity index (χ0v) is 19.0. The molecule has 1 N–H and O–H groups in total. The van der Waals surface area contributed by atoms with E-state index in [4.69, 9.17) is 4.74 Å². The first-order valence-electron chi connectivity index (χ1n) is 10.0. The van der Waals surface area contributed by atoms with Crippen molar-refractivity contribution in [2.24, 2.45) is 0 Å². The summed E-state index contributed by atoms with van der Waals surface area (Å²) < 4.78 is 7.74. The molecule has 0 saturated heterocycles. The van der Waals surface area contributed by atoms with Crippen LogP contribution in [0.5, 0.6) is 5.75 Å². The van der Waals surface area contributed by atoms with Gasteiger partial charge in [0.2, 0.25) is 5.91 Å². The third-order valence-corrected chi connectivity index (χ3v) is 6.23. The smallest absolute Gasteiger partial charge is 0.272 e. The number of fused-ring (bicyclic) bond motifs is 1. The van der Waals surface area contributed by atoms with E-state index < -0.39 is 0 Å². The van der Waals surface area contributed by atoms with Crippen LogP contribution in [0.4, 0.5) is 5.82 Å². The predicted octanol–water partition coefficient (Wildman–Crippen LogP) is 4.28. The Kier molecular flexibility index (Phi) is 5.18. The highest BCUT2D eigenvalue weighted by molar-refractivity contribution is 9.10. The summed E-state index contributed by atoms with van der Waals surface area (Å²) in [4.78, 5) is 17.3. The molecule has 0 aliphatic carbocycles. The molecule has 0 spiro atoms. The molecule has 0 radical (unpaired) electrons. The molecular weight excluding hydrogens is 472 g/mol. The van der Waals surface area contributed by atoms with E-state index >= 15 is 0 Å². The molecule has 8 nitrogen and oxygen atoms in total. The molecule has 1 unspecified atom stereocenters. The number of ether oxygens (including phenoxy) is 1. The third kappa shape index (κ3) is 3.54. The van der Waals surface area contributed by atoms with E-state index in [9.17, 15) is 4.79 Å². The van der Waals surface area contributed by atoms with Crippen molar-refractivity contribution in [1.29, 1.82) is 0 Å². The van der Waals surface area contributed by atoms with Gasteiger partial charge in [-0.3, -0.25) is 4.79 Å². The monoisotopic (exact) mass is 490 g/mol. The lowest BCUT2D eigenvalue weighted by Gasteiger charge is -2.24. The molecule has 1 atom stereocenters. The number of hydrogen-bond acceptors (Lipinski definition) is 6. The van der Waals surface area contributed by atoms with Gasteiger partial charge < -0.3 is 10.1 Å². The Balaban J connectivity index is 1.60. The van der Waals surface area contributed by atoms with Crippen molar-refractivity contribution in [2.75, 3.05) is 12.4 Å². The molecule has 2 aromatic heterocycles. The number of amides is 1. The van der Waals surface area contributed by atoms with Gasteiger partial charge >= 0.3 is 0 Å². The van der Waals surface area contributed by atoms with Gasteiger partial charge in [-0.1, -0.05) is 34.1 Å². The molecule has 32 heavy (non-hydrogen) atoms. The van der Waals surface area contributed by atoms with Crippen molar-refractivity contribution < 1.29 is 9.53 Å². The molecule has 1 amide bonds. The van der Waals surface area contributed by atoms with Crippen molar-refractivity contribution in [1.82, 2.24) is 25.0 Å². The van der Waals surface area contributed by atoms with Crippen molar-refractivity contribution in [2.45, 2.75) is 19.3 Å². The molecule has 5 rings (SSSR count). The van der Waals surface area contributed by atoms with E-state index in [-0.39, 0.29) is 17.8 Å². The maximum Gasteiger partial charge on any atom is 0.272 e. The topological polar surface area (TPSA) is 94.8 Å². The van der Waals surface area contributed by atoms with Crippen LogP contribution in [-0.2, 0) is 4.79 Å². The summed E-state index contributed by atoms with van der Waals surface area (Å²) in [5.41, 5.74) is 4.31. The maximum atomic E-state index is 12.6. The van der Waals surface area contributed by atoms with Crippen molar-refractivity contribution in [3.63, 3.8) is 0 Å². The summed E-state index contributed by atoms with van der Waals surface area (Å²) in [6.45, 7) is 1.93. The summed E-state index contributed by atoms with van der Waals surface area (Å²) in [5.74, 6) is 1.41. The number of methoxy groups -OCH3 is 1. The van der Waals surface area contributed by atoms with Gasteiger partial charge in [-0.25, -0.2) is 4.98 Å². The summed E-state index contributed by atoms with van der Waals surface area (Å²) >= 11 is 3.62. The van der Waals surface area contributed by atoms with Crippen LogP contribution in [0.25, 0.3) is 17.2 Å². The average molecular weight is 491 g/mol. The molecule has 3 heterocycles. The van der Waals surface area contributed by atoms with Crippen LogP contribution in [-0.4, -0.2) is 38.0 Å². The molecule has 9 heteroatoms. The number of rotatable bonds is 4. The molecule has 4 aromatic rings. The van der Waals surface area contributed by atoms with E-state index in [2.05, 4.69) is 41.5 Å². The minimum Gasteiger partial charge on any atom is -0.497 e. The Morgan fingerprint density at radius 3 is 2.69 bits per heavy atom. The number of nitrogens with one attached hydrogen (secondary N) is 1. The minimum absolute atomic E-state index is 0.0846. The van der Waals surface area contributed by atoms with Gasteiger partial charge in [0.25, 0.3) is 5.95 Å². The van der Waals surface area contributed by atoms with Crippen LogP contribution >= 0.6 is 15.9 Å². The largest absolute Gasteiger partial charge is 0.497 e. The number of carbonyl (C=O) groups excluding carboxylic acids is 1. The number of carbonyl (C=O) groups is 1. The van der Waals surface area contributed by atoms with E-state index in [0.29, 0.717) is 17.9 Å². The minimum atomic E-state index is -0.124. The molecule has 0 saturated carbocycles. The second-order valence-corrected chi connectivity index (χ2v) is 8.31. The standard InChI is InChI=1S/C23H19BrN6O2/c1-13-21-17(16-5-3-4-6-18(16)24)11-20(31)27-22(21)30(29-13)23-26-19(12-25-28-23)14-7-9-15(32-2)10-8-14/h3-10,12,17H,11H2,1-2H3,(H,27,31). The second-order valence-electron chi connectivity index (χ2n) is 7.46. The fourth-order valence-corrected chi connectivity index (χ4v) is 4.56. The number of benzene rings is 2. The Labute approximate surface area is 192 Å². The Morgan fingerprint density at radius 1 is 1.16 bits per heavy atom. The average Bonchev–Trinajstić information content (AvgIpc) is 3.15. The lowest BCUT2D eigenvalue weighted by atomic mass is 9.86.